The van der Waals surface area contributed by atoms with Gasteiger partial charge in [-0.1, -0.05) is 0 Å². The number of carbonyl (C=O) groups excluding carboxylic acids is 2. The van der Waals surface area contributed by atoms with Crippen LogP contribution in [0, 0.1) is 11.3 Å². The van der Waals surface area contributed by atoms with Crippen molar-refractivity contribution < 1.29 is 39.2 Å². The third-order valence-corrected chi connectivity index (χ3v) is 3.50. The van der Waals surface area contributed by atoms with Crippen molar-refractivity contribution >= 4 is 17.8 Å². The number of rotatable bonds is 8. The molecule has 0 saturated heterocycles. The Kier molecular flexibility index (Phi) is 7.98. The standard InChI is InChI=1S/C15H21N3O8/c1-7(19)17-6-9(21)13(22)14-12(18-8(2)20)10(25-4-3-16)5-11(26-14)15(23)24/h5,9-10,12-14,21-22H,4,6H2,1-2H3,(H,17,19)(H,18,20)(H,23,24)/t9-,10+,12-,13-,14-/m1/s1. The van der Waals surface area contributed by atoms with Gasteiger partial charge in [0.05, 0.1) is 12.1 Å². The number of carbonyl (C=O) groups is 3. The molecule has 0 aromatic carbocycles. The maximum Gasteiger partial charge on any atom is 0.370 e. The second-order valence-corrected chi connectivity index (χ2v) is 5.57. The summed E-state index contributed by atoms with van der Waals surface area (Å²) in [6, 6.07) is 0.643. The molecule has 5 atom stereocenters. The molecule has 0 aromatic rings. The molecule has 1 aliphatic rings. The van der Waals surface area contributed by atoms with E-state index in [0.29, 0.717) is 0 Å². The lowest BCUT2D eigenvalue weighted by atomic mass is 9.93. The predicted molar refractivity (Wildman–Crippen MR) is 84.2 cm³/mol. The maximum absolute atomic E-state index is 11.5. The van der Waals surface area contributed by atoms with Crippen LogP contribution in [0.5, 0.6) is 0 Å². The first-order chi connectivity index (χ1) is 12.2. The number of ether oxygens (including phenoxy) is 2. The van der Waals surface area contributed by atoms with Gasteiger partial charge in [-0.25, -0.2) is 4.79 Å². The molecule has 2 amide bonds. The van der Waals surface area contributed by atoms with Gasteiger partial charge in [0.25, 0.3) is 0 Å². The van der Waals surface area contributed by atoms with Crippen LogP contribution in [0.4, 0.5) is 0 Å². The van der Waals surface area contributed by atoms with Crippen molar-refractivity contribution in [2.45, 2.75) is 44.3 Å². The number of nitriles is 1. The lowest BCUT2D eigenvalue weighted by Crippen LogP contribution is -2.61. The third-order valence-electron chi connectivity index (χ3n) is 3.50. The summed E-state index contributed by atoms with van der Waals surface area (Å²) in [6.07, 6.45) is -4.61. The van der Waals surface area contributed by atoms with E-state index in [9.17, 15) is 24.6 Å². The Hall–Kier alpha value is -2.68. The molecule has 0 radical (unpaired) electrons. The lowest BCUT2D eigenvalue weighted by Gasteiger charge is -2.39. The van der Waals surface area contributed by atoms with E-state index in [1.54, 1.807) is 6.07 Å². The number of hydrogen-bond acceptors (Lipinski definition) is 8. The minimum Gasteiger partial charge on any atom is -0.478 e. The minimum absolute atomic E-state index is 0.320. The summed E-state index contributed by atoms with van der Waals surface area (Å²) in [6.45, 7) is 1.68. The summed E-state index contributed by atoms with van der Waals surface area (Å²) in [5.74, 6) is -2.99. The SMILES string of the molecule is CC(=O)NC[C@@H](O)[C@@H](O)[C@@H]1OC(C(=O)O)=C[C@H](OCC#N)[C@H]1NC(C)=O. The van der Waals surface area contributed by atoms with Crippen LogP contribution in [0.3, 0.4) is 0 Å². The fraction of sp³-hybridized carbons (Fsp3) is 0.600. The summed E-state index contributed by atoms with van der Waals surface area (Å²) < 4.78 is 10.4. The first kappa shape index (κ1) is 21.4. The van der Waals surface area contributed by atoms with E-state index in [1.165, 1.54) is 13.8 Å². The Morgan fingerprint density at radius 3 is 2.50 bits per heavy atom. The van der Waals surface area contributed by atoms with Gasteiger partial charge in [0.1, 0.15) is 24.9 Å². The molecule has 1 rings (SSSR count). The fourth-order valence-electron chi connectivity index (χ4n) is 2.38. The topological polar surface area (TPSA) is 178 Å². The summed E-state index contributed by atoms with van der Waals surface area (Å²) >= 11 is 0. The van der Waals surface area contributed by atoms with Crippen LogP contribution in [0.2, 0.25) is 0 Å². The van der Waals surface area contributed by atoms with E-state index in [1.807, 2.05) is 0 Å². The molecular weight excluding hydrogens is 350 g/mol. The number of nitrogens with one attached hydrogen (secondary N) is 2. The molecule has 1 heterocycles. The predicted octanol–water partition coefficient (Wildman–Crippen LogP) is -2.37. The van der Waals surface area contributed by atoms with Gasteiger partial charge in [0.15, 0.2) is 6.10 Å². The first-order valence-electron chi connectivity index (χ1n) is 7.65. The number of aliphatic carboxylic acids is 1. The van der Waals surface area contributed by atoms with Crippen molar-refractivity contribution in [3.8, 4) is 6.07 Å². The Morgan fingerprint density at radius 2 is 2.00 bits per heavy atom. The smallest absolute Gasteiger partial charge is 0.370 e. The van der Waals surface area contributed by atoms with Crippen molar-refractivity contribution in [1.29, 1.82) is 5.26 Å². The molecule has 0 fully saturated rings. The molecule has 144 valence electrons. The first-order valence-corrected chi connectivity index (χ1v) is 7.65. The molecule has 0 aliphatic carbocycles. The number of amides is 2. The number of aliphatic hydroxyl groups is 2. The van der Waals surface area contributed by atoms with Crippen molar-refractivity contribution in [3.05, 3.63) is 11.8 Å². The van der Waals surface area contributed by atoms with Crippen LogP contribution >= 0.6 is 0 Å². The highest BCUT2D eigenvalue weighted by Gasteiger charge is 2.44. The summed E-state index contributed by atoms with van der Waals surface area (Å²) in [5, 5.41) is 43.0. The van der Waals surface area contributed by atoms with Crippen LogP contribution in [0.1, 0.15) is 13.8 Å². The minimum atomic E-state index is -1.67. The molecule has 0 bridgehead atoms. The monoisotopic (exact) mass is 371 g/mol. The van der Waals surface area contributed by atoms with E-state index >= 15 is 0 Å². The molecule has 0 unspecified atom stereocenters. The molecule has 11 heteroatoms. The number of carboxylic acid groups (broad SMARTS) is 1. The highest BCUT2D eigenvalue weighted by Crippen LogP contribution is 2.24. The molecule has 11 nitrogen and oxygen atoms in total. The van der Waals surface area contributed by atoms with E-state index < -0.39 is 60.6 Å². The number of carboxylic acids is 1. The molecule has 0 saturated carbocycles. The number of hydrogen-bond donors (Lipinski definition) is 5. The third kappa shape index (κ3) is 5.99. The second-order valence-electron chi connectivity index (χ2n) is 5.57. The van der Waals surface area contributed by atoms with E-state index in [-0.39, 0.29) is 6.54 Å². The summed E-state index contributed by atoms with van der Waals surface area (Å²) in [5.41, 5.74) is 0. The Bertz CT molecular complexity index is 615. The van der Waals surface area contributed by atoms with Crippen LogP contribution in [0.15, 0.2) is 11.8 Å². The zero-order chi connectivity index (χ0) is 19.9. The molecular formula is C15H21N3O8. The second kappa shape index (κ2) is 9.71. The van der Waals surface area contributed by atoms with E-state index in [4.69, 9.17) is 19.8 Å². The molecule has 0 spiro atoms. The van der Waals surface area contributed by atoms with Gasteiger partial charge in [0.2, 0.25) is 17.6 Å². The average molecular weight is 371 g/mol. The Labute approximate surface area is 149 Å². The van der Waals surface area contributed by atoms with Crippen LogP contribution < -0.4 is 10.6 Å². The average Bonchev–Trinajstić information content (AvgIpc) is 2.57. The van der Waals surface area contributed by atoms with Gasteiger partial charge in [-0.05, 0) is 6.08 Å². The quantitative estimate of drug-likeness (QED) is 0.312. The lowest BCUT2D eigenvalue weighted by molar-refractivity contribution is -0.149. The molecule has 26 heavy (non-hydrogen) atoms. The van der Waals surface area contributed by atoms with Crippen molar-refractivity contribution in [3.63, 3.8) is 0 Å². The van der Waals surface area contributed by atoms with Crippen molar-refractivity contribution in [2.24, 2.45) is 0 Å². The molecule has 1 aliphatic heterocycles. The van der Waals surface area contributed by atoms with Gasteiger partial charge in [-0.15, -0.1) is 0 Å². The molecule has 5 N–H and O–H groups in total. The van der Waals surface area contributed by atoms with E-state index in [2.05, 4.69) is 10.6 Å². The van der Waals surface area contributed by atoms with Crippen LogP contribution in [0.25, 0.3) is 0 Å². The van der Waals surface area contributed by atoms with E-state index in [0.717, 1.165) is 6.08 Å². The van der Waals surface area contributed by atoms with Gasteiger partial charge in [-0.3, -0.25) is 9.59 Å². The van der Waals surface area contributed by atoms with Gasteiger partial charge in [-0.2, -0.15) is 5.26 Å². The summed E-state index contributed by atoms with van der Waals surface area (Å²) in [4.78, 5) is 33.7. The maximum atomic E-state index is 11.5. The zero-order valence-electron chi connectivity index (χ0n) is 14.2. The van der Waals surface area contributed by atoms with Gasteiger partial charge >= 0.3 is 5.97 Å². The van der Waals surface area contributed by atoms with Crippen molar-refractivity contribution in [2.75, 3.05) is 13.2 Å². The van der Waals surface area contributed by atoms with Crippen LogP contribution in [-0.4, -0.2) is 76.7 Å². The Balaban J connectivity index is 3.11. The Morgan fingerprint density at radius 1 is 1.35 bits per heavy atom. The van der Waals surface area contributed by atoms with Gasteiger partial charge in [0, 0.05) is 20.4 Å². The van der Waals surface area contributed by atoms with Crippen molar-refractivity contribution in [1.82, 2.24) is 10.6 Å². The normalized spacial score (nSPS) is 24.3. The number of nitrogens with zero attached hydrogens (tertiary/aromatic N) is 1. The van der Waals surface area contributed by atoms with Gasteiger partial charge < -0.3 is 35.4 Å². The highest BCUT2D eigenvalue weighted by molar-refractivity contribution is 5.84. The number of aliphatic hydroxyl groups excluding tert-OH is 2. The fourth-order valence-corrected chi connectivity index (χ4v) is 2.38. The highest BCUT2D eigenvalue weighted by atomic mass is 16.5. The zero-order valence-corrected chi connectivity index (χ0v) is 14.2. The summed E-state index contributed by atoms with van der Waals surface area (Å²) in [7, 11) is 0. The van der Waals surface area contributed by atoms with Crippen LogP contribution in [-0.2, 0) is 23.9 Å². The largest absolute Gasteiger partial charge is 0.478 e. The molecule has 0 aromatic heterocycles.